The van der Waals surface area contributed by atoms with Crippen molar-refractivity contribution in [1.82, 2.24) is 4.98 Å². The molecule has 0 fully saturated rings. The zero-order chi connectivity index (χ0) is 13.8. The molecule has 0 saturated heterocycles. The minimum atomic E-state index is -0.795. The summed E-state index contributed by atoms with van der Waals surface area (Å²) < 4.78 is 35.7. The molecule has 0 aliphatic carbocycles. The minimum absolute atomic E-state index is 0.0151. The number of esters is 1. The molecule has 1 aromatic heterocycles. The number of carbonyl (C=O) groups excluding carboxylic acids is 1. The third-order valence-electron chi connectivity index (χ3n) is 2.16. The van der Waals surface area contributed by atoms with Crippen molar-refractivity contribution in [2.75, 3.05) is 11.9 Å². The second kappa shape index (κ2) is 5.47. The van der Waals surface area contributed by atoms with Crippen LogP contribution in [0.15, 0.2) is 28.9 Å². The minimum Gasteiger partial charge on any atom is -0.461 e. The molecule has 2 aromatic rings. The predicted molar refractivity (Wildman–Crippen MR) is 62.1 cm³/mol. The van der Waals surface area contributed by atoms with E-state index >= 15 is 0 Å². The van der Waals surface area contributed by atoms with Gasteiger partial charge in [0.25, 0.3) is 6.01 Å². The second-order valence-corrected chi connectivity index (χ2v) is 3.51. The molecule has 1 heterocycles. The number of anilines is 2. The second-order valence-electron chi connectivity index (χ2n) is 3.51. The van der Waals surface area contributed by atoms with Crippen molar-refractivity contribution in [3.8, 4) is 0 Å². The molecule has 0 aliphatic rings. The van der Waals surface area contributed by atoms with Gasteiger partial charge in [-0.15, -0.1) is 0 Å². The lowest BCUT2D eigenvalue weighted by molar-refractivity contribution is 0.0519. The van der Waals surface area contributed by atoms with Crippen LogP contribution in [0.5, 0.6) is 0 Å². The zero-order valence-corrected chi connectivity index (χ0v) is 9.94. The van der Waals surface area contributed by atoms with Gasteiger partial charge in [-0.3, -0.25) is 0 Å². The van der Waals surface area contributed by atoms with Gasteiger partial charge in [0.15, 0.2) is 5.69 Å². The Labute approximate surface area is 107 Å². The Kier molecular flexibility index (Phi) is 3.74. The van der Waals surface area contributed by atoms with E-state index in [2.05, 4.69) is 10.3 Å². The van der Waals surface area contributed by atoms with Crippen LogP contribution in [0, 0.1) is 11.6 Å². The van der Waals surface area contributed by atoms with Crippen molar-refractivity contribution >= 4 is 17.7 Å². The van der Waals surface area contributed by atoms with Crippen molar-refractivity contribution < 1.29 is 22.7 Å². The van der Waals surface area contributed by atoms with E-state index in [0.29, 0.717) is 0 Å². The summed E-state index contributed by atoms with van der Waals surface area (Å²) in [7, 11) is 0. The molecule has 0 unspecified atom stereocenters. The number of hydrogen-bond acceptors (Lipinski definition) is 5. The van der Waals surface area contributed by atoms with Crippen LogP contribution in [0.4, 0.5) is 20.5 Å². The molecule has 1 N–H and O–H groups in total. The highest BCUT2D eigenvalue weighted by Crippen LogP contribution is 2.20. The van der Waals surface area contributed by atoms with E-state index < -0.39 is 17.6 Å². The van der Waals surface area contributed by atoms with Gasteiger partial charge in [-0.2, -0.15) is 4.98 Å². The Hall–Kier alpha value is -2.44. The molecule has 0 amide bonds. The van der Waals surface area contributed by atoms with Crippen molar-refractivity contribution in [3.05, 3.63) is 41.8 Å². The Morgan fingerprint density at radius 1 is 1.47 bits per heavy atom. The van der Waals surface area contributed by atoms with Crippen LogP contribution >= 0.6 is 0 Å². The summed E-state index contributed by atoms with van der Waals surface area (Å²) in [6.07, 6.45) is 1.09. The van der Waals surface area contributed by atoms with Crippen LogP contribution in [0.1, 0.15) is 17.4 Å². The molecular formula is C12H10F2N2O3. The summed E-state index contributed by atoms with van der Waals surface area (Å²) in [5.74, 6) is -2.13. The van der Waals surface area contributed by atoms with E-state index in [1.807, 2.05) is 0 Å². The molecule has 0 radical (unpaired) electrons. The lowest BCUT2D eigenvalue weighted by atomic mass is 10.3. The summed E-state index contributed by atoms with van der Waals surface area (Å²) in [6.45, 7) is 1.87. The highest BCUT2D eigenvalue weighted by molar-refractivity contribution is 5.87. The molecule has 5 nitrogen and oxygen atoms in total. The van der Waals surface area contributed by atoms with Gasteiger partial charge in [0.2, 0.25) is 0 Å². The first-order valence-electron chi connectivity index (χ1n) is 5.45. The lowest BCUT2D eigenvalue weighted by Gasteiger charge is -2.02. The van der Waals surface area contributed by atoms with Crippen LogP contribution in [-0.4, -0.2) is 17.6 Å². The summed E-state index contributed by atoms with van der Waals surface area (Å²) in [6, 6.07) is 2.91. The lowest BCUT2D eigenvalue weighted by Crippen LogP contribution is -2.05. The van der Waals surface area contributed by atoms with Gasteiger partial charge >= 0.3 is 5.97 Å². The fourth-order valence-electron chi connectivity index (χ4n) is 1.34. The fourth-order valence-corrected chi connectivity index (χ4v) is 1.34. The maximum Gasteiger partial charge on any atom is 0.360 e. The first-order chi connectivity index (χ1) is 9.10. The maximum absolute atomic E-state index is 13.4. The number of nitrogens with zero attached hydrogens (tertiary/aromatic N) is 1. The number of hydrogen-bond donors (Lipinski definition) is 1. The van der Waals surface area contributed by atoms with Crippen LogP contribution < -0.4 is 5.32 Å². The highest BCUT2D eigenvalue weighted by Gasteiger charge is 2.14. The standard InChI is InChI=1S/C12H10F2N2O3/c1-2-18-11(17)10-6-19-12(16-10)15-9-4-3-7(13)5-8(9)14/h3-6H,2H2,1H3,(H,15,16). The topological polar surface area (TPSA) is 64.4 Å². The number of carbonyl (C=O) groups is 1. The van der Waals surface area contributed by atoms with E-state index in [9.17, 15) is 13.6 Å². The SMILES string of the molecule is CCOC(=O)c1coc(Nc2ccc(F)cc2F)n1. The fraction of sp³-hybridized carbons (Fsp3) is 0.167. The Morgan fingerprint density at radius 3 is 2.95 bits per heavy atom. The average molecular weight is 268 g/mol. The number of benzene rings is 1. The number of rotatable bonds is 4. The van der Waals surface area contributed by atoms with Gasteiger partial charge < -0.3 is 14.5 Å². The molecular weight excluding hydrogens is 258 g/mol. The smallest absolute Gasteiger partial charge is 0.360 e. The Morgan fingerprint density at radius 2 is 2.26 bits per heavy atom. The monoisotopic (exact) mass is 268 g/mol. The van der Waals surface area contributed by atoms with Crippen molar-refractivity contribution in [1.29, 1.82) is 0 Å². The van der Waals surface area contributed by atoms with Crippen molar-refractivity contribution in [2.45, 2.75) is 6.92 Å². The molecule has 0 aliphatic heterocycles. The summed E-state index contributed by atoms with van der Waals surface area (Å²) in [5.41, 5.74) is -0.0504. The van der Waals surface area contributed by atoms with E-state index in [1.165, 1.54) is 6.07 Å². The number of oxazole rings is 1. The number of ether oxygens (including phenoxy) is 1. The number of halogens is 2. The van der Waals surface area contributed by atoms with Crippen molar-refractivity contribution in [2.24, 2.45) is 0 Å². The first kappa shape index (κ1) is 13.0. The average Bonchev–Trinajstić information content (AvgIpc) is 2.82. The summed E-state index contributed by atoms with van der Waals surface area (Å²) in [5, 5.41) is 2.49. The van der Waals surface area contributed by atoms with Gasteiger partial charge in [0.05, 0.1) is 12.3 Å². The molecule has 2 rings (SSSR count). The van der Waals surface area contributed by atoms with Crippen LogP contribution in [0.2, 0.25) is 0 Å². The third-order valence-corrected chi connectivity index (χ3v) is 2.16. The number of aromatic nitrogens is 1. The van der Waals surface area contributed by atoms with E-state index in [4.69, 9.17) is 9.15 Å². The van der Waals surface area contributed by atoms with Crippen LogP contribution in [0.25, 0.3) is 0 Å². The number of nitrogens with one attached hydrogen (secondary N) is 1. The van der Waals surface area contributed by atoms with Gasteiger partial charge in [-0.25, -0.2) is 13.6 Å². The molecule has 0 atom stereocenters. The normalized spacial score (nSPS) is 10.3. The molecule has 0 spiro atoms. The van der Waals surface area contributed by atoms with Gasteiger partial charge in [0, 0.05) is 6.07 Å². The van der Waals surface area contributed by atoms with Crippen LogP contribution in [0.3, 0.4) is 0 Å². The largest absolute Gasteiger partial charge is 0.461 e. The molecule has 0 saturated carbocycles. The van der Waals surface area contributed by atoms with Gasteiger partial charge in [-0.05, 0) is 19.1 Å². The van der Waals surface area contributed by atoms with E-state index in [-0.39, 0.29) is 24.0 Å². The third kappa shape index (κ3) is 3.06. The summed E-state index contributed by atoms with van der Waals surface area (Å²) in [4.78, 5) is 15.1. The van der Waals surface area contributed by atoms with Crippen molar-refractivity contribution in [3.63, 3.8) is 0 Å². The maximum atomic E-state index is 13.4. The molecule has 19 heavy (non-hydrogen) atoms. The molecule has 7 heteroatoms. The first-order valence-corrected chi connectivity index (χ1v) is 5.45. The highest BCUT2D eigenvalue weighted by atomic mass is 19.1. The molecule has 100 valence electrons. The predicted octanol–water partition coefficient (Wildman–Crippen LogP) is 2.87. The summed E-state index contributed by atoms with van der Waals surface area (Å²) >= 11 is 0. The van der Waals surface area contributed by atoms with Gasteiger partial charge in [-0.1, -0.05) is 0 Å². The molecule has 0 bridgehead atoms. The van der Waals surface area contributed by atoms with Crippen LogP contribution in [-0.2, 0) is 4.74 Å². The molecule has 1 aromatic carbocycles. The Balaban J connectivity index is 2.13. The van der Waals surface area contributed by atoms with E-state index in [1.54, 1.807) is 6.92 Å². The Bertz CT molecular complexity index is 598. The van der Waals surface area contributed by atoms with Gasteiger partial charge in [0.1, 0.15) is 17.9 Å². The van der Waals surface area contributed by atoms with E-state index in [0.717, 1.165) is 18.4 Å². The zero-order valence-electron chi connectivity index (χ0n) is 9.94. The quantitative estimate of drug-likeness (QED) is 0.864.